The molecule has 0 spiro atoms. The molecule has 0 saturated carbocycles. The van der Waals surface area contributed by atoms with Gasteiger partial charge in [0.05, 0.1) is 25.4 Å². The van der Waals surface area contributed by atoms with E-state index in [2.05, 4.69) is 77.5 Å². The number of benzene rings is 2. The molecule has 0 aliphatic carbocycles. The Morgan fingerprint density at radius 3 is 2.35 bits per heavy atom. The number of esters is 1. The van der Waals surface area contributed by atoms with Crippen LogP contribution in [0, 0.1) is 18.8 Å². The van der Waals surface area contributed by atoms with Crippen LogP contribution in [-0.4, -0.2) is 28.0 Å². The summed E-state index contributed by atoms with van der Waals surface area (Å²) in [6.07, 6.45) is 1.47. The summed E-state index contributed by atoms with van der Waals surface area (Å²) in [6.45, 7) is 22.5. The van der Waals surface area contributed by atoms with E-state index in [1.165, 1.54) is 0 Å². The summed E-state index contributed by atoms with van der Waals surface area (Å²) in [6, 6.07) is 5.76. The molecule has 2 aromatic carbocycles. The summed E-state index contributed by atoms with van der Waals surface area (Å²) in [5, 5.41) is 0.0301. The van der Waals surface area contributed by atoms with E-state index in [4.69, 9.17) is 23.4 Å². The topological polar surface area (TPSA) is 63.2 Å². The van der Waals surface area contributed by atoms with Crippen molar-refractivity contribution in [3.63, 3.8) is 0 Å². The highest BCUT2D eigenvalue weighted by Gasteiger charge is 2.41. The first-order valence-corrected chi connectivity index (χ1v) is 18.0. The second kappa shape index (κ2) is 12.9. The fourth-order valence-corrected chi connectivity index (χ4v) is 6.11. The molecule has 222 valence electrons. The van der Waals surface area contributed by atoms with Crippen LogP contribution in [0.15, 0.2) is 22.7 Å². The third-order valence-electron chi connectivity index (χ3n) is 7.80. The molecule has 40 heavy (non-hydrogen) atoms. The molecule has 0 aromatic heterocycles. The first-order valence-electron chi connectivity index (χ1n) is 14.3. The maximum atomic E-state index is 13.6. The van der Waals surface area contributed by atoms with Crippen LogP contribution in [0.1, 0.15) is 94.5 Å². The highest BCUT2D eigenvalue weighted by molar-refractivity contribution is 9.10. The van der Waals surface area contributed by atoms with E-state index in [0.29, 0.717) is 41.4 Å². The average molecular weight is 636 g/mol. The summed E-state index contributed by atoms with van der Waals surface area (Å²) in [4.78, 5) is 13.6. The predicted molar refractivity (Wildman–Crippen MR) is 166 cm³/mol. The Morgan fingerprint density at radius 1 is 1.10 bits per heavy atom. The lowest BCUT2D eigenvalue weighted by Crippen LogP contribution is -2.42. The minimum atomic E-state index is -2.14. The number of hydrogen-bond donors (Lipinski definition) is 0. The van der Waals surface area contributed by atoms with E-state index < -0.39 is 14.3 Å². The Kier molecular flexibility index (Phi) is 10.4. The fraction of sp³-hybridized carbons (Fsp3) is 0.594. The zero-order valence-corrected chi connectivity index (χ0v) is 28.7. The van der Waals surface area contributed by atoms with Gasteiger partial charge in [-0.2, -0.15) is 0 Å². The van der Waals surface area contributed by atoms with Gasteiger partial charge in [-0.25, -0.2) is 4.79 Å². The Morgan fingerprint density at radius 2 is 1.77 bits per heavy atom. The molecule has 0 bridgehead atoms. The molecule has 0 N–H and O–H groups in total. The molecule has 1 aliphatic rings. The average Bonchev–Trinajstić information content (AvgIpc) is 2.83. The van der Waals surface area contributed by atoms with Gasteiger partial charge in [0.25, 0.3) is 0 Å². The van der Waals surface area contributed by atoms with Crippen molar-refractivity contribution < 1.29 is 28.2 Å². The van der Waals surface area contributed by atoms with Crippen molar-refractivity contribution in [2.75, 3.05) is 13.7 Å². The van der Waals surface area contributed by atoms with Crippen molar-refractivity contribution in [3.05, 3.63) is 44.9 Å². The van der Waals surface area contributed by atoms with Crippen molar-refractivity contribution in [2.45, 2.75) is 99.1 Å². The van der Waals surface area contributed by atoms with Gasteiger partial charge in [0.1, 0.15) is 23.7 Å². The highest BCUT2D eigenvalue weighted by Crippen LogP contribution is 2.48. The van der Waals surface area contributed by atoms with Crippen LogP contribution in [0.2, 0.25) is 18.1 Å². The number of hydrogen-bond acceptors (Lipinski definition) is 6. The van der Waals surface area contributed by atoms with Crippen molar-refractivity contribution >= 4 is 30.2 Å². The van der Waals surface area contributed by atoms with Gasteiger partial charge in [-0.05, 0) is 89.4 Å². The predicted octanol–water partition coefficient (Wildman–Crippen LogP) is 9.76. The molecule has 6 nitrogen and oxygen atoms in total. The van der Waals surface area contributed by atoms with Crippen LogP contribution in [0.5, 0.6) is 23.0 Å². The Balaban J connectivity index is 2.15. The molecular formula is C32H47BrO6Si. The van der Waals surface area contributed by atoms with E-state index >= 15 is 0 Å². The largest absolute Gasteiger partial charge is 0.495 e. The van der Waals surface area contributed by atoms with E-state index in [1.807, 2.05) is 25.1 Å². The lowest BCUT2D eigenvalue weighted by atomic mass is 9.96. The van der Waals surface area contributed by atoms with Crippen LogP contribution in [-0.2, 0) is 15.8 Å². The second-order valence-corrected chi connectivity index (χ2v) is 18.6. The molecule has 0 radical (unpaired) electrons. The quantitative estimate of drug-likeness (QED) is 0.191. The molecule has 2 aromatic rings. The van der Waals surface area contributed by atoms with Crippen molar-refractivity contribution in [1.82, 2.24) is 0 Å². The summed E-state index contributed by atoms with van der Waals surface area (Å²) in [5.41, 5.74) is 2.81. The highest BCUT2D eigenvalue weighted by atomic mass is 79.9. The molecule has 1 heterocycles. The number of ether oxygens (including phenoxy) is 4. The van der Waals surface area contributed by atoms with Crippen LogP contribution in [0.4, 0.5) is 0 Å². The standard InChI is InChI=1S/C32H47BrO6Si/c1-19(2)14-15-36-26-17-21(5)28(33)23-18-37-31(34)27-24(38-29(23)26)13-12-22(30(27)35-9)25(16-20(3)4)39-40(10,11)32(6,7)8/h12-13,17,19-20,25H,14-16,18H2,1-11H3/t25-/m0/s1. The lowest BCUT2D eigenvalue weighted by Gasteiger charge is -2.40. The molecule has 3 rings (SSSR count). The zero-order valence-electron chi connectivity index (χ0n) is 26.1. The Bertz CT molecular complexity index is 1220. The van der Waals surface area contributed by atoms with E-state index in [1.54, 1.807) is 7.11 Å². The van der Waals surface area contributed by atoms with E-state index in [-0.39, 0.29) is 23.3 Å². The Labute approximate surface area is 250 Å². The van der Waals surface area contributed by atoms with Gasteiger partial charge in [-0.15, -0.1) is 0 Å². The number of fused-ring (bicyclic) bond motifs is 2. The maximum Gasteiger partial charge on any atom is 0.346 e. The maximum absolute atomic E-state index is 13.6. The van der Waals surface area contributed by atoms with Gasteiger partial charge in [0.15, 0.2) is 19.8 Å². The molecule has 1 aliphatic heterocycles. The van der Waals surface area contributed by atoms with Gasteiger partial charge in [-0.1, -0.05) is 48.5 Å². The lowest BCUT2D eigenvalue weighted by molar-refractivity contribution is 0.0452. The number of methoxy groups -OCH3 is 1. The zero-order chi connectivity index (χ0) is 30.0. The third kappa shape index (κ3) is 7.23. The number of carbonyl (C=O) groups excluding carboxylic acids is 1. The van der Waals surface area contributed by atoms with Crippen molar-refractivity contribution in [1.29, 1.82) is 0 Å². The number of halogens is 1. The summed E-state index contributed by atoms with van der Waals surface area (Å²) in [7, 11) is -0.555. The van der Waals surface area contributed by atoms with Crippen LogP contribution < -0.4 is 14.2 Å². The van der Waals surface area contributed by atoms with Gasteiger partial charge in [-0.3, -0.25) is 0 Å². The minimum absolute atomic E-state index is 0.0301. The number of cyclic esters (lactones) is 1. The third-order valence-corrected chi connectivity index (χ3v) is 13.4. The molecule has 0 unspecified atom stereocenters. The Hall–Kier alpha value is -2.03. The number of aryl methyl sites for hydroxylation is 1. The first-order chi connectivity index (χ1) is 18.6. The summed E-state index contributed by atoms with van der Waals surface area (Å²) < 4.78 is 32.3. The smallest absolute Gasteiger partial charge is 0.346 e. The SMILES string of the molecule is COc1c([C@H](CC(C)C)O[Si](C)(C)C(C)(C)C)ccc2c1C(=O)OCc1c(Br)c(C)cc(OCCC(C)C)c1O2. The molecule has 1 atom stereocenters. The summed E-state index contributed by atoms with van der Waals surface area (Å²) >= 11 is 3.67. The van der Waals surface area contributed by atoms with E-state index in [9.17, 15) is 4.79 Å². The van der Waals surface area contributed by atoms with Gasteiger partial charge in [0.2, 0.25) is 0 Å². The number of rotatable bonds is 10. The minimum Gasteiger partial charge on any atom is -0.495 e. The van der Waals surface area contributed by atoms with Crippen molar-refractivity contribution in [2.24, 2.45) is 11.8 Å². The first kappa shape index (κ1) is 32.5. The second-order valence-electron chi connectivity index (χ2n) is 13.1. The van der Waals surface area contributed by atoms with Gasteiger partial charge < -0.3 is 23.4 Å². The van der Waals surface area contributed by atoms with Crippen molar-refractivity contribution in [3.8, 4) is 23.0 Å². The summed E-state index contributed by atoms with van der Waals surface area (Å²) in [5.74, 6) is 2.36. The van der Waals surface area contributed by atoms with Crippen LogP contribution >= 0.6 is 15.9 Å². The molecule has 0 saturated heterocycles. The normalized spacial score (nSPS) is 14.6. The molecule has 0 amide bonds. The molecule has 0 fully saturated rings. The fourth-order valence-electron chi connectivity index (χ4n) is 4.42. The van der Waals surface area contributed by atoms with E-state index in [0.717, 1.165) is 34.0 Å². The monoisotopic (exact) mass is 634 g/mol. The van der Waals surface area contributed by atoms with Gasteiger partial charge in [0, 0.05) is 10.0 Å². The molecule has 8 heteroatoms. The molecular weight excluding hydrogens is 588 g/mol. The van der Waals surface area contributed by atoms with Crippen LogP contribution in [0.25, 0.3) is 0 Å². The van der Waals surface area contributed by atoms with Gasteiger partial charge >= 0.3 is 5.97 Å². The number of carbonyl (C=O) groups is 1. The van der Waals surface area contributed by atoms with Crippen LogP contribution in [0.3, 0.4) is 0 Å².